The highest BCUT2D eigenvalue weighted by molar-refractivity contribution is 6.04. The number of esters is 1. The Labute approximate surface area is 151 Å². The van der Waals surface area contributed by atoms with Crippen LogP contribution < -0.4 is 14.8 Å². The second-order valence-corrected chi connectivity index (χ2v) is 5.21. The van der Waals surface area contributed by atoms with Crippen LogP contribution in [0.4, 0.5) is 5.69 Å². The normalized spacial score (nSPS) is 10.1. The quantitative estimate of drug-likeness (QED) is 0.547. The number of carbonyl (C=O) groups is 2. The van der Waals surface area contributed by atoms with E-state index in [1.807, 2.05) is 0 Å². The number of methoxy groups -OCH3 is 2. The number of anilines is 1. The predicted molar refractivity (Wildman–Crippen MR) is 95.7 cm³/mol. The number of hydrogen-bond acceptors (Lipinski definition) is 6. The zero-order valence-electron chi connectivity index (χ0n) is 14.7. The number of ether oxygens (including phenoxy) is 4. The first-order chi connectivity index (χ1) is 12.6. The van der Waals surface area contributed by atoms with Crippen molar-refractivity contribution in [2.45, 2.75) is 0 Å². The van der Waals surface area contributed by atoms with Gasteiger partial charge in [0.25, 0.3) is 5.91 Å². The highest BCUT2D eigenvalue weighted by atomic mass is 16.6. The summed E-state index contributed by atoms with van der Waals surface area (Å²) < 4.78 is 20.1. The second-order valence-electron chi connectivity index (χ2n) is 5.21. The third kappa shape index (κ3) is 6.10. The van der Waals surface area contributed by atoms with Crippen molar-refractivity contribution in [1.82, 2.24) is 0 Å². The van der Waals surface area contributed by atoms with Crippen LogP contribution in [0.25, 0.3) is 0 Å². The summed E-state index contributed by atoms with van der Waals surface area (Å²) in [6.45, 7) is 0.314. The fourth-order valence-corrected chi connectivity index (χ4v) is 2.00. The molecule has 0 aliphatic rings. The maximum atomic E-state index is 12.2. The number of amides is 1. The van der Waals surface area contributed by atoms with E-state index in [0.717, 1.165) is 0 Å². The minimum Gasteiger partial charge on any atom is -0.497 e. The van der Waals surface area contributed by atoms with E-state index in [1.165, 1.54) is 7.11 Å². The number of benzene rings is 2. The van der Waals surface area contributed by atoms with Gasteiger partial charge in [0.05, 0.1) is 13.7 Å². The van der Waals surface area contributed by atoms with Crippen LogP contribution in [0.3, 0.4) is 0 Å². The molecule has 1 N–H and O–H groups in total. The molecule has 0 aromatic heterocycles. The van der Waals surface area contributed by atoms with Gasteiger partial charge in [0.2, 0.25) is 0 Å². The Balaban J connectivity index is 1.83. The summed E-state index contributed by atoms with van der Waals surface area (Å²) in [5.74, 6) is 0.448. The fraction of sp³-hybridized carbons (Fsp3) is 0.263. The van der Waals surface area contributed by atoms with E-state index in [-0.39, 0.29) is 19.1 Å². The molecule has 0 bridgehead atoms. The van der Waals surface area contributed by atoms with Crippen molar-refractivity contribution in [2.75, 3.05) is 39.4 Å². The molecule has 2 aromatic rings. The molecular formula is C19H21NO6. The average Bonchev–Trinajstić information content (AvgIpc) is 2.67. The average molecular weight is 359 g/mol. The lowest BCUT2D eigenvalue weighted by Crippen LogP contribution is -2.17. The Hall–Kier alpha value is -3.06. The highest BCUT2D eigenvalue weighted by Gasteiger charge is 2.08. The second kappa shape index (κ2) is 10.0. The monoisotopic (exact) mass is 359 g/mol. The molecule has 0 radical (unpaired) electrons. The topological polar surface area (TPSA) is 83.1 Å². The zero-order chi connectivity index (χ0) is 18.8. The van der Waals surface area contributed by atoms with Gasteiger partial charge >= 0.3 is 5.97 Å². The maximum Gasteiger partial charge on any atom is 0.344 e. The molecule has 0 aliphatic heterocycles. The van der Waals surface area contributed by atoms with E-state index in [4.69, 9.17) is 18.9 Å². The minimum absolute atomic E-state index is 0.184. The van der Waals surface area contributed by atoms with Gasteiger partial charge in [-0.05, 0) is 48.5 Å². The lowest BCUT2D eigenvalue weighted by Gasteiger charge is -2.08. The zero-order valence-corrected chi connectivity index (χ0v) is 14.7. The molecule has 2 aromatic carbocycles. The summed E-state index contributed by atoms with van der Waals surface area (Å²) in [5, 5.41) is 2.79. The molecule has 0 heterocycles. The molecule has 0 saturated carbocycles. The molecule has 0 saturated heterocycles. The van der Waals surface area contributed by atoms with E-state index in [0.29, 0.717) is 29.4 Å². The number of nitrogens with one attached hydrogen (secondary N) is 1. The number of hydrogen-bond donors (Lipinski definition) is 1. The van der Waals surface area contributed by atoms with Crippen LogP contribution in [0, 0.1) is 0 Å². The summed E-state index contributed by atoms with van der Waals surface area (Å²) >= 11 is 0. The van der Waals surface area contributed by atoms with E-state index in [9.17, 15) is 9.59 Å². The van der Waals surface area contributed by atoms with Crippen LogP contribution in [0.2, 0.25) is 0 Å². The first-order valence-corrected chi connectivity index (χ1v) is 7.95. The van der Waals surface area contributed by atoms with Crippen molar-refractivity contribution in [3.63, 3.8) is 0 Å². The van der Waals surface area contributed by atoms with Gasteiger partial charge in [-0.1, -0.05) is 0 Å². The number of rotatable bonds is 9. The van der Waals surface area contributed by atoms with Gasteiger partial charge in [0.15, 0.2) is 6.61 Å². The third-order valence-electron chi connectivity index (χ3n) is 3.37. The van der Waals surface area contributed by atoms with Crippen LogP contribution >= 0.6 is 0 Å². The minimum atomic E-state index is -0.483. The molecule has 0 fully saturated rings. The Kier molecular flexibility index (Phi) is 7.45. The molecule has 0 atom stereocenters. The SMILES string of the molecule is COCCOC(=O)COc1ccc(C(=O)Nc2ccc(OC)cc2)cc1. The van der Waals surface area contributed by atoms with Crippen molar-refractivity contribution in [3.8, 4) is 11.5 Å². The largest absolute Gasteiger partial charge is 0.497 e. The third-order valence-corrected chi connectivity index (χ3v) is 3.37. The first kappa shape index (κ1) is 19.3. The molecule has 7 heteroatoms. The fourth-order valence-electron chi connectivity index (χ4n) is 2.00. The van der Waals surface area contributed by atoms with Gasteiger partial charge in [-0.3, -0.25) is 4.79 Å². The lowest BCUT2D eigenvalue weighted by molar-refractivity contribution is -0.147. The highest BCUT2D eigenvalue weighted by Crippen LogP contribution is 2.17. The Bertz CT molecular complexity index is 712. The summed E-state index contributed by atoms with van der Waals surface area (Å²) in [4.78, 5) is 23.7. The van der Waals surface area contributed by atoms with Gasteiger partial charge in [0.1, 0.15) is 18.1 Å². The van der Waals surface area contributed by atoms with Crippen molar-refractivity contribution in [1.29, 1.82) is 0 Å². The molecule has 0 unspecified atom stereocenters. The standard InChI is InChI=1S/C19H21NO6/c1-23-11-12-25-18(21)13-26-17-7-3-14(4-8-17)19(22)20-15-5-9-16(24-2)10-6-15/h3-10H,11-13H2,1-2H3,(H,20,22). The smallest absolute Gasteiger partial charge is 0.344 e. The lowest BCUT2D eigenvalue weighted by atomic mass is 10.2. The van der Waals surface area contributed by atoms with Crippen molar-refractivity contribution >= 4 is 17.6 Å². The van der Waals surface area contributed by atoms with E-state index >= 15 is 0 Å². The van der Waals surface area contributed by atoms with E-state index < -0.39 is 5.97 Å². The molecular weight excluding hydrogens is 338 g/mol. The first-order valence-electron chi connectivity index (χ1n) is 7.95. The molecule has 0 spiro atoms. The van der Waals surface area contributed by atoms with Gasteiger partial charge in [-0.15, -0.1) is 0 Å². The molecule has 0 aliphatic carbocycles. The maximum absolute atomic E-state index is 12.2. The van der Waals surface area contributed by atoms with Crippen molar-refractivity contribution < 1.29 is 28.5 Å². The van der Waals surface area contributed by atoms with Crippen LogP contribution in [-0.2, 0) is 14.3 Å². The van der Waals surface area contributed by atoms with Crippen LogP contribution in [-0.4, -0.2) is 45.9 Å². The van der Waals surface area contributed by atoms with E-state index in [2.05, 4.69) is 5.32 Å². The van der Waals surface area contributed by atoms with Crippen LogP contribution in [0.15, 0.2) is 48.5 Å². The summed E-state index contributed by atoms with van der Waals surface area (Å²) in [6.07, 6.45) is 0. The number of carbonyl (C=O) groups excluding carboxylic acids is 2. The molecule has 7 nitrogen and oxygen atoms in total. The van der Waals surface area contributed by atoms with Crippen molar-refractivity contribution in [3.05, 3.63) is 54.1 Å². The Morgan fingerprint density at radius 3 is 2.15 bits per heavy atom. The Morgan fingerprint density at radius 1 is 0.885 bits per heavy atom. The van der Waals surface area contributed by atoms with Crippen LogP contribution in [0.1, 0.15) is 10.4 Å². The van der Waals surface area contributed by atoms with Crippen LogP contribution in [0.5, 0.6) is 11.5 Å². The summed E-state index contributed by atoms with van der Waals surface area (Å²) in [6, 6.07) is 13.5. The molecule has 26 heavy (non-hydrogen) atoms. The summed E-state index contributed by atoms with van der Waals surface area (Å²) in [7, 11) is 3.10. The van der Waals surface area contributed by atoms with Gasteiger partial charge < -0.3 is 24.3 Å². The molecule has 1 amide bonds. The van der Waals surface area contributed by atoms with Gasteiger partial charge in [-0.25, -0.2) is 4.79 Å². The van der Waals surface area contributed by atoms with Gasteiger partial charge in [0, 0.05) is 18.4 Å². The predicted octanol–water partition coefficient (Wildman–Crippen LogP) is 2.52. The molecule has 138 valence electrons. The van der Waals surface area contributed by atoms with Crippen molar-refractivity contribution in [2.24, 2.45) is 0 Å². The molecule has 2 rings (SSSR count). The Morgan fingerprint density at radius 2 is 1.54 bits per heavy atom. The van der Waals surface area contributed by atoms with E-state index in [1.54, 1.807) is 55.6 Å². The van der Waals surface area contributed by atoms with Gasteiger partial charge in [-0.2, -0.15) is 0 Å². The summed E-state index contributed by atoms with van der Waals surface area (Å²) in [5.41, 5.74) is 1.13.